The maximum atomic E-state index is 14.1. The highest BCUT2D eigenvalue weighted by Gasteiger charge is 2.24. The van der Waals surface area contributed by atoms with Crippen LogP contribution in [-0.2, 0) is 13.1 Å². The smallest absolute Gasteiger partial charge is 0.322 e. The minimum absolute atomic E-state index is 0.234. The van der Waals surface area contributed by atoms with Gasteiger partial charge in [-0.3, -0.25) is 0 Å². The highest BCUT2D eigenvalue weighted by atomic mass is 35.5. The van der Waals surface area contributed by atoms with Crippen LogP contribution in [0.15, 0.2) is 87.1 Å². The third-order valence-electron chi connectivity index (χ3n) is 6.89. The van der Waals surface area contributed by atoms with Gasteiger partial charge >= 0.3 is 6.03 Å². The number of benzene rings is 3. The van der Waals surface area contributed by atoms with E-state index in [0.717, 1.165) is 60.3 Å². The van der Waals surface area contributed by atoms with E-state index in [1.807, 2.05) is 61.9 Å². The van der Waals surface area contributed by atoms with E-state index in [4.69, 9.17) is 16.0 Å². The van der Waals surface area contributed by atoms with Crippen molar-refractivity contribution >= 4 is 57.8 Å². The van der Waals surface area contributed by atoms with Gasteiger partial charge in [0.15, 0.2) is 0 Å². The van der Waals surface area contributed by atoms with Crippen molar-refractivity contribution in [3.8, 4) is 11.1 Å². The molecule has 0 unspecified atom stereocenters. The molecule has 41 heavy (non-hydrogen) atoms. The predicted molar refractivity (Wildman–Crippen MR) is 173 cm³/mol. The summed E-state index contributed by atoms with van der Waals surface area (Å²) in [4.78, 5) is 21.5. The first-order valence-corrected chi connectivity index (χ1v) is 16.1. The van der Waals surface area contributed by atoms with E-state index < -0.39 is 0 Å². The van der Waals surface area contributed by atoms with Crippen LogP contribution >= 0.6 is 35.1 Å². The molecule has 8 heteroatoms. The average Bonchev–Trinajstić information content (AvgIpc) is 3.31. The number of carbonyl (C=O) groups excluding carboxylic acids is 1. The SMILES string of the molecule is CSc1cc(C)nc(SC)c1NC(=O)N(Cc1ccc(Cl)cc1)Cc1oc2ccc(C)cc2c1-c1ccc(C)cc1. The van der Waals surface area contributed by atoms with Gasteiger partial charge in [0.05, 0.1) is 12.2 Å². The molecular formula is C33H32ClN3O2S2. The molecule has 0 aliphatic rings. The summed E-state index contributed by atoms with van der Waals surface area (Å²) in [5.41, 5.74) is 7.79. The fraction of sp³-hybridized carbons (Fsp3) is 0.212. The molecule has 0 bridgehead atoms. The van der Waals surface area contributed by atoms with Gasteiger partial charge in [-0.2, -0.15) is 0 Å². The van der Waals surface area contributed by atoms with Gasteiger partial charge in [-0.15, -0.1) is 23.5 Å². The number of rotatable bonds is 8. The standard InChI is InChI=1S/C33H32ClN3O2S2/c1-20-6-11-24(12-7-20)30-26-16-21(2)8-15-27(26)39-28(30)19-37(18-23-9-13-25(34)14-10-23)33(38)36-31-29(40-4)17-22(3)35-32(31)41-5/h6-17H,18-19H2,1-5H3,(H,36,38). The molecule has 1 N–H and O–H groups in total. The number of fused-ring (bicyclic) bond motifs is 1. The number of anilines is 1. The van der Waals surface area contributed by atoms with Gasteiger partial charge in [-0.1, -0.05) is 65.2 Å². The lowest BCUT2D eigenvalue weighted by Crippen LogP contribution is -2.34. The fourth-order valence-electron chi connectivity index (χ4n) is 4.82. The maximum Gasteiger partial charge on any atom is 0.322 e. The molecule has 2 heterocycles. The van der Waals surface area contributed by atoms with Gasteiger partial charge in [-0.25, -0.2) is 9.78 Å². The molecule has 0 fully saturated rings. The monoisotopic (exact) mass is 601 g/mol. The topological polar surface area (TPSA) is 58.4 Å². The lowest BCUT2D eigenvalue weighted by molar-refractivity contribution is 0.202. The Kier molecular flexibility index (Phi) is 8.97. The molecule has 0 saturated carbocycles. The molecule has 0 radical (unpaired) electrons. The number of carbonyl (C=O) groups is 1. The number of nitrogens with one attached hydrogen (secondary N) is 1. The Morgan fingerprint density at radius 1 is 0.902 bits per heavy atom. The summed E-state index contributed by atoms with van der Waals surface area (Å²) in [5.74, 6) is 0.732. The van der Waals surface area contributed by atoms with Crippen molar-refractivity contribution in [1.82, 2.24) is 9.88 Å². The van der Waals surface area contributed by atoms with Crippen molar-refractivity contribution in [2.45, 2.75) is 43.8 Å². The molecule has 5 nitrogen and oxygen atoms in total. The van der Waals surface area contributed by atoms with Crippen LogP contribution in [0.2, 0.25) is 5.02 Å². The highest BCUT2D eigenvalue weighted by Crippen LogP contribution is 2.38. The number of thioether (sulfide) groups is 2. The summed E-state index contributed by atoms with van der Waals surface area (Å²) in [6.45, 7) is 6.76. The molecule has 3 aromatic carbocycles. The van der Waals surface area contributed by atoms with Crippen LogP contribution in [0.4, 0.5) is 10.5 Å². The fourth-order valence-corrected chi connectivity index (χ4v) is 6.25. The van der Waals surface area contributed by atoms with Crippen LogP contribution in [0.25, 0.3) is 22.1 Å². The second-order valence-corrected chi connectivity index (χ2v) is 12.1. The van der Waals surface area contributed by atoms with Gasteiger partial charge in [0, 0.05) is 33.1 Å². The number of hydrogen-bond acceptors (Lipinski definition) is 5. The molecule has 5 aromatic rings. The molecule has 0 saturated heterocycles. The van der Waals surface area contributed by atoms with Gasteiger partial charge in [0.2, 0.25) is 0 Å². The zero-order chi connectivity index (χ0) is 29.1. The number of nitrogens with zero attached hydrogens (tertiary/aromatic N) is 2. The van der Waals surface area contributed by atoms with Crippen LogP contribution in [-0.4, -0.2) is 28.4 Å². The average molecular weight is 602 g/mol. The lowest BCUT2D eigenvalue weighted by atomic mass is 9.99. The Morgan fingerprint density at radius 3 is 2.29 bits per heavy atom. The van der Waals surface area contributed by atoms with Crippen molar-refractivity contribution in [1.29, 1.82) is 0 Å². The van der Waals surface area contributed by atoms with Crippen LogP contribution in [0.5, 0.6) is 0 Å². The lowest BCUT2D eigenvalue weighted by Gasteiger charge is -2.24. The van der Waals surface area contributed by atoms with Crippen LogP contribution < -0.4 is 5.32 Å². The summed E-state index contributed by atoms with van der Waals surface area (Å²) in [6, 6.07) is 24.0. The maximum absolute atomic E-state index is 14.1. The van der Waals surface area contributed by atoms with E-state index in [0.29, 0.717) is 11.6 Å². The number of halogens is 1. The summed E-state index contributed by atoms with van der Waals surface area (Å²) >= 11 is 9.27. The zero-order valence-electron chi connectivity index (χ0n) is 23.7. The third-order valence-corrected chi connectivity index (χ3v) is 8.58. The molecular weight excluding hydrogens is 570 g/mol. The summed E-state index contributed by atoms with van der Waals surface area (Å²) < 4.78 is 6.47. The van der Waals surface area contributed by atoms with Crippen LogP contribution in [0.1, 0.15) is 28.1 Å². The summed E-state index contributed by atoms with van der Waals surface area (Å²) in [6.07, 6.45) is 3.97. The molecule has 2 aromatic heterocycles. The highest BCUT2D eigenvalue weighted by molar-refractivity contribution is 7.99. The van der Waals surface area contributed by atoms with E-state index in [1.165, 1.54) is 17.3 Å². The van der Waals surface area contributed by atoms with Crippen molar-refractivity contribution in [2.24, 2.45) is 0 Å². The number of furan rings is 1. The van der Waals surface area contributed by atoms with E-state index in [-0.39, 0.29) is 12.6 Å². The third kappa shape index (κ3) is 6.58. The van der Waals surface area contributed by atoms with Gasteiger partial charge in [0.1, 0.15) is 16.4 Å². The van der Waals surface area contributed by atoms with Gasteiger partial charge in [0.25, 0.3) is 0 Å². The largest absolute Gasteiger partial charge is 0.459 e. The molecule has 210 valence electrons. The second-order valence-electron chi connectivity index (χ2n) is 10.0. The van der Waals surface area contributed by atoms with Gasteiger partial charge in [-0.05, 0) is 74.7 Å². The molecule has 0 atom stereocenters. The number of hydrogen-bond donors (Lipinski definition) is 1. The molecule has 0 spiro atoms. The van der Waals surface area contributed by atoms with Crippen LogP contribution in [0.3, 0.4) is 0 Å². The first-order valence-electron chi connectivity index (χ1n) is 13.2. The molecule has 0 aliphatic heterocycles. The Bertz CT molecular complexity index is 1670. The molecule has 0 aliphatic carbocycles. The first kappa shape index (κ1) is 29.1. The Hall–Kier alpha value is -3.39. The molecule has 5 rings (SSSR count). The van der Waals surface area contributed by atoms with Crippen molar-refractivity contribution in [2.75, 3.05) is 17.8 Å². The number of aryl methyl sites for hydroxylation is 3. The van der Waals surface area contributed by atoms with E-state index in [9.17, 15) is 4.79 Å². The minimum atomic E-state index is -0.234. The predicted octanol–water partition coefficient (Wildman–Crippen LogP) is 9.75. The van der Waals surface area contributed by atoms with Crippen molar-refractivity contribution in [3.63, 3.8) is 0 Å². The van der Waals surface area contributed by atoms with Crippen molar-refractivity contribution < 1.29 is 9.21 Å². The van der Waals surface area contributed by atoms with E-state index in [2.05, 4.69) is 54.5 Å². The summed E-state index contributed by atoms with van der Waals surface area (Å²) in [7, 11) is 0. The Labute approximate surface area is 254 Å². The Morgan fingerprint density at radius 2 is 1.61 bits per heavy atom. The zero-order valence-corrected chi connectivity index (χ0v) is 26.1. The molecule has 2 amide bonds. The second kappa shape index (κ2) is 12.6. The number of aromatic nitrogens is 1. The van der Waals surface area contributed by atoms with E-state index in [1.54, 1.807) is 16.7 Å². The number of pyridine rings is 1. The van der Waals surface area contributed by atoms with Crippen molar-refractivity contribution in [3.05, 3.63) is 106 Å². The van der Waals surface area contributed by atoms with Gasteiger partial charge < -0.3 is 14.6 Å². The minimum Gasteiger partial charge on any atom is -0.459 e. The normalized spacial score (nSPS) is 11.2. The quantitative estimate of drug-likeness (QED) is 0.179. The Balaban J connectivity index is 1.58. The van der Waals surface area contributed by atoms with E-state index >= 15 is 0 Å². The first-order chi connectivity index (χ1) is 19.7. The summed E-state index contributed by atoms with van der Waals surface area (Å²) in [5, 5.41) is 5.66. The number of urea groups is 1. The number of amides is 2. The van der Waals surface area contributed by atoms with Crippen LogP contribution in [0, 0.1) is 20.8 Å².